The van der Waals surface area contributed by atoms with Crippen molar-refractivity contribution in [1.29, 1.82) is 0 Å². The number of benzene rings is 3. The van der Waals surface area contributed by atoms with Gasteiger partial charge in [0.25, 0.3) is 0 Å². The highest BCUT2D eigenvalue weighted by Crippen LogP contribution is 2.29. The van der Waals surface area contributed by atoms with Gasteiger partial charge in [-0.2, -0.15) is 0 Å². The van der Waals surface area contributed by atoms with Crippen molar-refractivity contribution in [2.45, 2.75) is 58.2 Å². The molecule has 3 rings (SSSR count). The molecule has 0 aliphatic rings. The van der Waals surface area contributed by atoms with Crippen molar-refractivity contribution in [3.63, 3.8) is 0 Å². The molecule has 6 nitrogen and oxygen atoms in total. The summed E-state index contributed by atoms with van der Waals surface area (Å²) < 4.78 is 10.7. The third-order valence-corrected chi connectivity index (χ3v) is 7.42. The Morgan fingerprint density at radius 2 is 1.56 bits per heavy atom. The summed E-state index contributed by atoms with van der Waals surface area (Å²) in [7, 11) is 3.16. The van der Waals surface area contributed by atoms with Crippen LogP contribution in [-0.4, -0.2) is 43.0 Å². The SMILES string of the molecule is CC[C@H](C)NC(=O)[C@H](Cc1ccccc1)N(Cc1ccc(Cl)c(Cl)c1)C(=O)CCc1ccc(OC)c(OC)c1. The van der Waals surface area contributed by atoms with Crippen LogP contribution < -0.4 is 14.8 Å². The molecule has 2 amide bonds. The summed E-state index contributed by atoms with van der Waals surface area (Å²) in [5, 5.41) is 3.91. The Kier molecular flexibility index (Phi) is 11.5. The highest BCUT2D eigenvalue weighted by molar-refractivity contribution is 6.42. The van der Waals surface area contributed by atoms with Crippen LogP contribution in [-0.2, 0) is 29.0 Å². The molecule has 0 saturated heterocycles. The second-order valence-electron chi connectivity index (χ2n) is 9.48. The third-order valence-electron chi connectivity index (χ3n) is 6.68. The average molecular weight is 572 g/mol. The summed E-state index contributed by atoms with van der Waals surface area (Å²) in [6.07, 6.45) is 1.84. The average Bonchev–Trinajstić information content (AvgIpc) is 2.95. The maximum atomic E-state index is 13.9. The fraction of sp³-hybridized carbons (Fsp3) is 0.355. The van der Waals surface area contributed by atoms with Crippen LogP contribution in [0.2, 0.25) is 10.0 Å². The van der Waals surface area contributed by atoms with Crippen LogP contribution in [0.15, 0.2) is 66.7 Å². The van der Waals surface area contributed by atoms with Gasteiger partial charge < -0.3 is 19.7 Å². The molecule has 3 aromatic carbocycles. The lowest BCUT2D eigenvalue weighted by atomic mass is 10.0. The summed E-state index contributed by atoms with van der Waals surface area (Å²) in [5.41, 5.74) is 2.69. The van der Waals surface area contributed by atoms with Crippen molar-refractivity contribution >= 4 is 35.0 Å². The number of carbonyl (C=O) groups excluding carboxylic acids is 2. The Bertz CT molecular complexity index is 1250. The standard InChI is InChI=1S/C31H36Cl2N2O4/c1-5-21(2)34-31(37)27(18-22-9-7-6-8-10-22)35(20-24-11-14-25(32)26(33)17-24)30(36)16-13-23-12-15-28(38-3)29(19-23)39-4/h6-12,14-15,17,19,21,27H,5,13,16,18,20H2,1-4H3,(H,34,37)/t21-,27-/m0/s1. The molecule has 0 heterocycles. The minimum Gasteiger partial charge on any atom is -0.493 e. The van der Waals surface area contributed by atoms with Gasteiger partial charge in [0.2, 0.25) is 11.8 Å². The number of methoxy groups -OCH3 is 2. The van der Waals surface area contributed by atoms with Crippen LogP contribution in [0.25, 0.3) is 0 Å². The highest BCUT2D eigenvalue weighted by Gasteiger charge is 2.31. The first-order valence-corrected chi connectivity index (χ1v) is 13.8. The molecule has 0 fully saturated rings. The lowest BCUT2D eigenvalue weighted by Gasteiger charge is -2.32. The summed E-state index contributed by atoms with van der Waals surface area (Å²) in [4.78, 5) is 29.2. The van der Waals surface area contributed by atoms with Gasteiger partial charge >= 0.3 is 0 Å². The summed E-state index contributed by atoms with van der Waals surface area (Å²) in [6, 6.07) is 19.9. The molecule has 0 radical (unpaired) electrons. The lowest BCUT2D eigenvalue weighted by Crippen LogP contribution is -2.52. The van der Waals surface area contributed by atoms with Crippen LogP contribution in [0.4, 0.5) is 0 Å². The van der Waals surface area contributed by atoms with Gasteiger partial charge in [-0.05, 0) is 60.7 Å². The van der Waals surface area contributed by atoms with Crippen molar-refractivity contribution in [2.75, 3.05) is 14.2 Å². The van der Waals surface area contributed by atoms with E-state index in [1.807, 2.05) is 68.4 Å². The molecule has 39 heavy (non-hydrogen) atoms. The van der Waals surface area contributed by atoms with Gasteiger partial charge in [-0.15, -0.1) is 0 Å². The molecule has 0 spiro atoms. The number of amides is 2. The van der Waals surface area contributed by atoms with Crippen molar-refractivity contribution in [3.05, 3.63) is 93.5 Å². The molecular formula is C31H36Cl2N2O4. The van der Waals surface area contributed by atoms with E-state index in [0.29, 0.717) is 34.4 Å². The third kappa shape index (κ3) is 8.64. The van der Waals surface area contributed by atoms with E-state index in [4.69, 9.17) is 32.7 Å². The van der Waals surface area contributed by atoms with E-state index < -0.39 is 6.04 Å². The first-order chi connectivity index (χ1) is 18.7. The molecule has 1 N–H and O–H groups in total. The Balaban J connectivity index is 1.93. The van der Waals surface area contributed by atoms with Gasteiger partial charge in [-0.1, -0.05) is 72.6 Å². The molecule has 0 aliphatic carbocycles. The topological polar surface area (TPSA) is 67.9 Å². The first-order valence-electron chi connectivity index (χ1n) is 13.0. The molecular weight excluding hydrogens is 535 g/mol. The fourth-order valence-corrected chi connectivity index (χ4v) is 4.58. The molecule has 3 aromatic rings. The Labute approximate surface area is 241 Å². The smallest absolute Gasteiger partial charge is 0.243 e. The monoisotopic (exact) mass is 570 g/mol. The van der Waals surface area contributed by atoms with Gasteiger partial charge in [-0.3, -0.25) is 9.59 Å². The Hall–Kier alpha value is -3.22. The molecule has 8 heteroatoms. The number of nitrogens with one attached hydrogen (secondary N) is 1. The summed E-state index contributed by atoms with van der Waals surface area (Å²) in [5.74, 6) is 0.896. The molecule has 0 saturated carbocycles. The Morgan fingerprint density at radius 3 is 2.21 bits per heavy atom. The van der Waals surface area contributed by atoms with Crippen molar-refractivity contribution in [2.24, 2.45) is 0 Å². The number of rotatable bonds is 13. The predicted molar refractivity (Wildman–Crippen MR) is 157 cm³/mol. The summed E-state index contributed by atoms with van der Waals surface area (Å²) in [6.45, 7) is 4.19. The van der Waals surface area contributed by atoms with Crippen molar-refractivity contribution < 1.29 is 19.1 Å². The number of hydrogen-bond donors (Lipinski definition) is 1. The van der Waals surface area contributed by atoms with Crippen LogP contribution in [0.5, 0.6) is 11.5 Å². The van der Waals surface area contributed by atoms with Crippen molar-refractivity contribution in [3.8, 4) is 11.5 Å². The minimum absolute atomic E-state index is 0.0236. The number of hydrogen-bond acceptors (Lipinski definition) is 4. The number of halogens is 2. The first kappa shape index (κ1) is 30.3. The van der Waals surface area contributed by atoms with E-state index >= 15 is 0 Å². The van der Waals surface area contributed by atoms with E-state index in [0.717, 1.165) is 23.1 Å². The zero-order chi connectivity index (χ0) is 28.4. The van der Waals surface area contributed by atoms with E-state index in [1.54, 1.807) is 31.3 Å². The molecule has 0 aliphatic heterocycles. The number of nitrogens with zero attached hydrogens (tertiary/aromatic N) is 1. The zero-order valence-electron chi connectivity index (χ0n) is 22.9. The normalized spacial score (nSPS) is 12.4. The van der Waals surface area contributed by atoms with Gasteiger partial charge in [-0.25, -0.2) is 0 Å². The van der Waals surface area contributed by atoms with Gasteiger partial charge in [0, 0.05) is 25.4 Å². The number of aryl methyl sites for hydroxylation is 1. The molecule has 2 atom stereocenters. The van der Waals surface area contributed by atoms with Crippen LogP contribution in [0.1, 0.15) is 43.4 Å². The Morgan fingerprint density at radius 1 is 0.872 bits per heavy atom. The van der Waals surface area contributed by atoms with Crippen LogP contribution in [0, 0.1) is 0 Å². The number of carbonyl (C=O) groups is 2. The second kappa shape index (κ2) is 14.8. The maximum absolute atomic E-state index is 13.9. The molecule has 0 aromatic heterocycles. The van der Waals surface area contributed by atoms with Crippen molar-refractivity contribution in [1.82, 2.24) is 10.2 Å². The molecule has 0 unspecified atom stereocenters. The van der Waals surface area contributed by atoms with Gasteiger partial charge in [0.05, 0.1) is 24.3 Å². The largest absolute Gasteiger partial charge is 0.493 e. The van der Waals surface area contributed by atoms with Crippen LogP contribution in [0.3, 0.4) is 0 Å². The van der Waals surface area contributed by atoms with Gasteiger partial charge in [0.1, 0.15) is 6.04 Å². The number of ether oxygens (including phenoxy) is 2. The fourth-order valence-electron chi connectivity index (χ4n) is 4.26. The quantitative estimate of drug-likeness (QED) is 0.255. The van der Waals surface area contributed by atoms with E-state index in [9.17, 15) is 9.59 Å². The lowest BCUT2D eigenvalue weighted by molar-refractivity contribution is -0.141. The van der Waals surface area contributed by atoms with E-state index in [-0.39, 0.29) is 30.8 Å². The maximum Gasteiger partial charge on any atom is 0.243 e. The molecule has 208 valence electrons. The van der Waals surface area contributed by atoms with E-state index in [2.05, 4.69) is 5.32 Å². The summed E-state index contributed by atoms with van der Waals surface area (Å²) >= 11 is 12.4. The second-order valence-corrected chi connectivity index (χ2v) is 10.3. The molecule has 0 bridgehead atoms. The predicted octanol–water partition coefficient (Wildman–Crippen LogP) is 6.50. The highest BCUT2D eigenvalue weighted by atomic mass is 35.5. The zero-order valence-corrected chi connectivity index (χ0v) is 24.4. The minimum atomic E-state index is -0.714. The van der Waals surface area contributed by atoms with E-state index in [1.165, 1.54) is 0 Å². The van der Waals surface area contributed by atoms with Crippen LogP contribution >= 0.6 is 23.2 Å². The van der Waals surface area contributed by atoms with Gasteiger partial charge in [0.15, 0.2) is 11.5 Å².